The number of nitrogens with one attached hydrogen (secondary N) is 1. The van der Waals surface area contributed by atoms with E-state index in [4.69, 9.17) is 9.47 Å². The summed E-state index contributed by atoms with van der Waals surface area (Å²) < 4.78 is 11.8. The zero-order chi connectivity index (χ0) is 28.3. The second kappa shape index (κ2) is 11.8. The highest BCUT2D eigenvalue weighted by Crippen LogP contribution is 2.41. The Kier molecular flexibility index (Phi) is 8.61. The molecular formula is C30H40N4O5. The number of ether oxygens (including phenoxy) is 2. The highest BCUT2D eigenvalue weighted by Gasteiger charge is 2.61. The predicted molar refractivity (Wildman–Crippen MR) is 150 cm³/mol. The summed E-state index contributed by atoms with van der Waals surface area (Å²) in [5, 5.41) is 2.99. The fourth-order valence-corrected chi connectivity index (χ4v) is 5.80. The molecule has 2 aromatic rings. The fraction of sp³-hybridized carbons (Fsp3) is 0.500. The lowest BCUT2D eigenvalue weighted by molar-refractivity contribution is -0.222. The number of anilines is 1. The summed E-state index contributed by atoms with van der Waals surface area (Å²) in [6, 6.07) is 14.9. The molecule has 0 aromatic heterocycles. The number of hydrogen-bond donors (Lipinski definition) is 1. The van der Waals surface area contributed by atoms with Crippen molar-refractivity contribution in [1.29, 1.82) is 0 Å². The van der Waals surface area contributed by atoms with Crippen LogP contribution >= 0.6 is 0 Å². The monoisotopic (exact) mass is 536 g/mol. The quantitative estimate of drug-likeness (QED) is 0.496. The van der Waals surface area contributed by atoms with Crippen LogP contribution in [0.25, 0.3) is 0 Å². The first kappa shape index (κ1) is 28.6. The number of likely N-dealkylation sites (tertiary alicyclic amines) is 2. The number of fused-ring (bicyclic) bond motifs is 1. The van der Waals surface area contributed by atoms with Crippen LogP contribution in [0.1, 0.15) is 47.4 Å². The number of hydrogen-bond acceptors (Lipinski definition) is 6. The Labute approximate surface area is 231 Å². The maximum absolute atomic E-state index is 14.1. The minimum atomic E-state index is -1.17. The van der Waals surface area contributed by atoms with Crippen molar-refractivity contribution in [2.24, 2.45) is 5.92 Å². The number of carbonyl (C=O) groups is 3. The topological polar surface area (TPSA) is 91.4 Å². The van der Waals surface area contributed by atoms with Crippen molar-refractivity contribution in [2.75, 3.05) is 46.3 Å². The Morgan fingerprint density at radius 2 is 1.62 bits per heavy atom. The van der Waals surface area contributed by atoms with E-state index in [1.54, 1.807) is 48.3 Å². The molecule has 9 nitrogen and oxygen atoms in total. The second-order valence-electron chi connectivity index (χ2n) is 10.9. The molecule has 2 saturated heterocycles. The predicted octanol–water partition coefficient (Wildman–Crippen LogP) is 3.01. The zero-order valence-corrected chi connectivity index (χ0v) is 23.7. The fourth-order valence-electron chi connectivity index (χ4n) is 5.80. The number of carbonyl (C=O) groups excluding carboxylic acids is 3. The van der Waals surface area contributed by atoms with Gasteiger partial charge in [-0.1, -0.05) is 32.0 Å². The first-order chi connectivity index (χ1) is 18.6. The molecule has 2 aliphatic rings. The first-order valence-electron chi connectivity index (χ1n) is 13.5. The molecule has 1 unspecified atom stereocenters. The summed E-state index contributed by atoms with van der Waals surface area (Å²) in [6.45, 7) is 4.68. The second-order valence-corrected chi connectivity index (χ2v) is 10.9. The van der Waals surface area contributed by atoms with Gasteiger partial charge in [0.1, 0.15) is 12.1 Å². The van der Waals surface area contributed by atoms with E-state index in [1.807, 2.05) is 63.2 Å². The van der Waals surface area contributed by atoms with Crippen molar-refractivity contribution in [1.82, 2.24) is 15.1 Å². The van der Waals surface area contributed by atoms with Gasteiger partial charge in [-0.05, 0) is 55.2 Å². The number of methoxy groups -OCH3 is 2. The van der Waals surface area contributed by atoms with Crippen molar-refractivity contribution in [3.8, 4) is 0 Å². The lowest BCUT2D eigenvalue weighted by Crippen LogP contribution is -2.58. The van der Waals surface area contributed by atoms with Crippen molar-refractivity contribution in [3.05, 3.63) is 65.7 Å². The maximum Gasteiger partial charge on any atom is 0.254 e. The Hall–Kier alpha value is -3.43. The van der Waals surface area contributed by atoms with Gasteiger partial charge in [0.2, 0.25) is 11.7 Å². The van der Waals surface area contributed by atoms with E-state index in [2.05, 4.69) is 5.32 Å². The summed E-state index contributed by atoms with van der Waals surface area (Å²) in [5.74, 6) is -1.61. The molecule has 3 amide bonds. The minimum absolute atomic E-state index is 0.121. The van der Waals surface area contributed by atoms with E-state index in [1.165, 1.54) is 0 Å². The summed E-state index contributed by atoms with van der Waals surface area (Å²) in [6.07, 6.45) is 1.08. The normalized spacial score (nSPS) is 20.6. The molecule has 2 aliphatic heterocycles. The molecule has 4 rings (SSSR count). The highest BCUT2D eigenvalue weighted by atomic mass is 16.7. The van der Waals surface area contributed by atoms with Crippen molar-refractivity contribution >= 4 is 23.4 Å². The molecule has 9 heteroatoms. The summed E-state index contributed by atoms with van der Waals surface area (Å²) in [7, 11) is 6.96. The molecule has 3 atom stereocenters. The van der Waals surface area contributed by atoms with E-state index in [0.29, 0.717) is 30.5 Å². The van der Waals surface area contributed by atoms with Gasteiger partial charge in [0.15, 0.2) is 0 Å². The number of nitrogens with zero attached hydrogens (tertiary/aromatic N) is 3. The molecule has 210 valence electrons. The standard InChI is InChI=1S/C30H40N4O5/c1-20(2)18-24(31-27(35)21-12-14-23(15-13-21)32(3)4)29(37)33-17-16-25-26(33)30(38-5,39-6)19-34(25)28(36)22-10-8-7-9-11-22/h7-15,20,24-26H,16-19H2,1-6H3,(H,31,35)/t24-,25?,26-/m0/s1. The van der Waals surface area contributed by atoms with Gasteiger partial charge in [0.05, 0.1) is 12.6 Å². The first-order valence-corrected chi connectivity index (χ1v) is 13.5. The molecule has 0 bridgehead atoms. The SMILES string of the molecule is COC1(OC)CN(C(=O)c2ccccc2)C2CCN(C(=O)[C@H](CC(C)C)NC(=O)c3ccc(N(C)C)cc3)[C@@H]21. The molecule has 0 saturated carbocycles. The molecule has 0 aliphatic carbocycles. The summed E-state index contributed by atoms with van der Waals surface area (Å²) in [4.78, 5) is 46.3. The van der Waals surface area contributed by atoms with Crippen LogP contribution < -0.4 is 10.2 Å². The average Bonchev–Trinajstić information content (AvgIpc) is 3.52. The largest absolute Gasteiger partial charge is 0.378 e. The minimum Gasteiger partial charge on any atom is -0.378 e. The molecule has 0 radical (unpaired) electrons. The van der Waals surface area contributed by atoms with Gasteiger partial charge < -0.3 is 29.5 Å². The molecule has 39 heavy (non-hydrogen) atoms. The van der Waals surface area contributed by atoms with Crippen LogP contribution in [0, 0.1) is 5.92 Å². The van der Waals surface area contributed by atoms with E-state index < -0.39 is 17.9 Å². The van der Waals surface area contributed by atoms with Crippen LogP contribution in [0.4, 0.5) is 5.69 Å². The van der Waals surface area contributed by atoms with E-state index in [-0.39, 0.29) is 36.2 Å². The van der Waals surface area contributed by atoms with Gasteiger partial charge in [-0.15, -0.1) is 0 Å². The lowest BCUT2D eigenvalue weighted by atomic mass is 10.00. The third kappa shape index (κ3) is 5.65. The van der Waals surface area contributed by atoms with Gasteiger partial charge in [-0.3, -0.25) is 14.4 Å². The Bertz CT molecular complexity index is 1160. The molecule has 1 N–H and O–H groups in total. The van der Waals surface area contributed by atoms with Crippen molar-refractivity contribution in [2.45, 2.75) is 50.6 Å². The Morgan fingerprint density at radius 1 is 0.974 bits per heavy atom. The summed E-state index contributed by atoms with van der Waals surface area (Å²) in [5.41, 5.74) is 2.05. The molecular weight excluding hydrogens is 496 g/mol. The molecule has 2 aromatic carbocycles. The van der Waals surface area contributed by atoms with Crippen LogP contribution in [0.3, 0.4) is 0 Å². The van der Waals surface area contributed by atoms with E-state index >= 15 is 0 Å². The van der Waals surface area contributed by atoms with Gasteiger partial charge in [-0.2, -0.15) is 0 Å². The average molecular weight is 537 g/mol. The van der Waals surface area contributed by atoms with Crippen LogP contribution in [-0.2, 0) is 14.3 Å². The van der Waals surface area contributed by atoms with Crippen LogP contribution in [0.15, 0.2) is 54.6 Å². The number of benzene rings is 2. The smallest absolute Gasteiger partial charge is 0.254 e. The van der Waals surface area contributed by atoms with Crippen molar-refractivity contribution in [3.63, 3.8) is 0 Å². The Balaban J connectivity index is 1.58. The van der Waals surface area contributed by atoms with Crippen molar-refractivity contribution < 1.29 is 23.9 Å². The zero-order valence-electron chi connectivity index (χ0n) is 23.7. The van der Waals surface area contributed by atoms with Crippen LogP contribution in [0.5, 0.6) is 0 Å². The lowest BCUT2D eigenvalue weighted by Gasteiger charge is -2.38. The van der Waals surface area contributed by atoms with E-state index in [0.717, 1.165) is 5.69 Å². The third-order valence-electron chi connectivity index (χ3n) is 7.82. The Morgan fingerprint density at radius 3 is 2.18 bits per heavy atom. The third-order valence-corrected chi connectivity index (χ3v) is 7.82. The van der Waals surface area contributed by atoms with Crippen LogP contribution in [-0.4, -0.2) is 92.8 Å². The highest BCUT2D eigenvalue weighted by molar-refractivity contribution is 5.98. The maximum atomic E-state index is 14.1. The van der Waals surface area contributed by atoms with Crippen LogP contribution in [0.2, 0.25) is 0 Å². The number of amides is 3. The summed E-state index contributed by atoms with van der Waals surface area (Å²) >= 11 is 0. The van der Waals surface area contributed by atoms with Gasteiger partial charge >= 0.3 is 0 Å². The molecule has 2 fully saturated rings. The van der Waals surface area contributed by atoms with Gasteiger partial charge in [0.25, 0.3) is 11.8 Å². The van der Waals surface area contributed by atoms with E-state index in [9.17, 15) is 14.4 Å². The molecule has 0 spiro atoms. The number of rotatable bonds is 9. The van der Waals surface area contributed by atoms with Gasteiger partial charge in [0, 0.05) is 51.7 Å². The molecule has 2 heterocycles. The van der Waals surface area contributed by atoms with Gasteiger partial charge in [-0.25, -0.2) is 0 Å².